The molecule has 20 heavy (non-hydrogen) atoms. The zero-order chi connectivity index (χ0) is 14.4. The van der Waals surface area contributed by atoms with E-state index in [1.54, 1.807) is 0 Å². The van der Waals surface area contributed by atoms with Crippen LogP contribution in [-0.2, 0) is 4.74 Å². The van der Waals surface area contributed by atoms with Crippen molar-refractivity contribution >= 4 is 0 Å². The van der Waals surface area contributed by atoms with E-state index in [0.717, 1.165) is 32.2 Å². The molecular formula is C16H33N3O. The van der Waals surface area contributed by atoms with Crippen molar-refractivity contribution in [2.45, 2.75) is 26.7 Å². The van der Waals surface area contributed by atoms with Crippen molar-refractivity contribution in [2.75, 3.05) is 66.1 Å². The minimum atomic E-state index is 0.345. The predicted molar refractivity (Wildman–Crippen MR) is 84.1 cm³/mol. The fraction of sp³-hybridized carbons (Fsp3) is 1.00. The maximum Gasteiger partial charge on any atom is 0.0547 e. The largest absolute Gasteiger partial charge is 0.381 e. The van der Waals surface area contributed by atoms with Gasteiger partial charge in [0.05, 0.1) is 6.61 Å². The highest BCUT2D eigenvalue weighted by Gasteiger charge is 2.36. The topological polar surface area (TPSA) is 27.7 Å². The first-order chi connectivity index (χ1) is 9.60. The van der Waals surface area contributed by atoms with Gasteiger partial charge in [-0.2, -0.15) is 0 Å². The van der Waals surface area contributed by atoms with Crippen LogP contribution in [0.2, 0.25) is 0 Å². The van der Waals surface area contributed by atoms with Crippen LogP contribution in [0.4, 0.5) is 0 Å². The molecule has 0 aromatic rings. The summed E-state index contributed by atoms with van der Waals surface area (Å²) in [6.45, 7) is 14.8. The summed E-state index contributed by atoms with van der Waals surface area (Å²) in [6, 6.07) is 0. The fourth-order valence-corrected chi connectivity index (χ4v) is 3.33. The zero-order valence-electron chi connectivity index (χ0n) is 13.7. The minimum absolute atomic E-state index is 0.345. The van der Waals surface area contributed by atoms with Crippen LogP contribution < -0.4 is 5.32 Å². The molecule has 2 aliphatic rings. The summed E-state index contributed by atoms with van der Waals surface area (Å²) in [5, 5.41) is 3.66. The number of ether oxygens (including phenoxy) is 1. The Morgan fingerprint density at radius 1 is 1.20 bits per heavy atom. The SMILES string of the molecule is CC(C)CNCC1(CN2CCCN(C)CC2)CCOC1. The van der Waals surface area contributed by atoms with Crippen molar-refractivity contribution < 1.29 is 4.74 Å². The van der Waals surface area contributed by atoms with Gasteiger partial charge in [0.2, 0.25) is 0 Å². The third-order valence-corrected chi connectivity index (χ3v) is 4.61. The molecule has 0 spiro atoms. The number of likely N-dealkylation sites (N-methyl/N-ethyl adjacent to an activating group) is 1. The molecule has 2 fully saturated rings. The lowest BCUT2D eigenvalue weighted by Gasteiger charge is -2.34. The summed E-state index contributed by atoms with van der Waals surface area (Å²) in [6.07, 6.45) is 2.51. The van der Waals surface area contributed by atoms with Gasteiger partial charge in [-0.05, 0) is 45.4 Å². The second-order valence-electron chi connectivity index (χ2n) is 7.26. The van der Waals surface area contributed by atoms with E-state index in [2.05, 4.69) is 36.0 Å². The lowest BCUT2D eigenvalue weighted by molar-refractivity contribution is 0.109. The molecule has 4 nitrogen and oxygen atoms in total. The number of rotatable bonds is 6. The molecule has 0 aromatic carbocycles. The maximum atomic E-state index is 5.73. The molecule has 0 aliphatic carbocycles. The van der Waals surface area contributed by atoms with Crippen molar-refractivity contribution in [2.24, 2.45) is 11.3 Å². The molecule has 0 amide bonds. The Bertz CT molecular complexity index is 277. The first kappa shape index (κ1) is 16.2. The van der Waals surface area contributed by atoms with Crippen LogP contribution in [0.3, 0.4) is 0 Å². The van der Waals surface area contributed by atoms with Crippen molar-refractivity contribution in [1.29, 1.82) is 0 Å². The van der Waals surface area contributed by atoms with E-state index in [9.17, 15) is 0 Å². The van der Waals surface area contributed by atoms with Gasteiger partial charge in [0, 0.05) is 38.2 Å². The first-order valence-electron chi connectivity index (χ1n) is 8.29. The van der Waals surface area contributed by atoms with Crippen LogP contribution in [0.5, 0.6) is 0 Å². The molecule has 0 saturated carbocycles. The third kappa shape index (κ3) is 4.99. The van der Waals surface area contributed by atoms with Gasteiger partial charge in [-0.25, -0.2) is 0 Å². The van der Waals surface area contributed by atoms with Gasteiger partial charge in [0.1, 0.15) is 0 Å². The van der Waals surface area contributed by atoms with E-state index in [1.807, 2.05) is 0 Å². The number of nitrogens with one attached hydrogen (secondary N) is 1. The summed E-state index contributed by atoms with van der Waals surface area (Å²) in [5.74, 6) is 0.723. The van der Waals surface area contributed by atoms with E-state index in [-0.39, 0.29) is 0 Å². The second-order valence-corrected chi connectivity index (χ2v) is 7.26. The summed E-state index contributed by atoms with van der Waals surface area (Å²) >= 11 is 0. The van der Waals surface area contributed by atoms with E-state index in [1.165, 1.54) is 45.6 Å². The van der Waals surface area contributed by atoms with E-state index < -0.39 is 0 Å². The molecule has 2 heterocycles. The molecular weight excluding hydrogens is 250 g/mol. The number of nitrogens with zero attached hydrogens (tertiary/aromatic N) is 2. The Balaban J connectivity index is 1.84. The highest BCUT2D eigenvalue weighted by atomic mass is 16.5. The summed E-state index contributed by atoms with van der Waals surface area (Å²) in [5.41, 5.74) is 0.345. The molecule has 4 heteroatoms. The van der Waals surface area contributed by atoms with E-state index in [0.29, 0.717) is 5.41 Å². The number of hydrogen-bond donors (Lipinski definition) is 1. The van der Waals surface area contributed by atoms with E-state index in [4.69, 9.17) is 4.74 Å². The molecule has 2 saturated heterocycles. The standard InChI is InChI=1S/C16H33N3O/c1-15(2)11-17-12-16(5-10-20-14-16)13-19-7-4-6-18(3)8-9-19/h15,17H,4-14H2,1-3H3. The smallest absolute Gasteiger partial charge is 0.0547 e. The molecule has 118 valence electrons. The molecule has 2 aliphatic heterocycles. The van der Waals surface area contributed by atoms with Crippen molar-refractivity contribution in [3.63, 3.8) is 0 Å². The third-order valence-electron chi connectivity index (χ3n) is 4.61. The molecule has 0 bridgehead atoms. The van der Waals surface area contributed by atoms with Crippen LogP contribution in [0.25, 0.3) is 0 Å². The molecule has 0 aromatic heterocycles. The molecule has 2 rings (SSSR count). The van der Waals surface area contributed by atoms with Crippen molar-refractivity contribution in [3.8, 4) is 0 Å². The predicted octanol–water partition coefficient (Wildman–Crippen LogP) is 1.28. The minimum Gasteiger partial charge on any atom is -0.381 e. The maximum absolute atomic E-state index is 5.73. The van der Waals surface area contributed by atoms with Crippen molar-refractivity contribution in [1.82, 2.24) is 15.1 Å². The van der Waals surface area contributed by atoms with Gasteiger partial charge in [-0.15, -0.1) is 0 Å². The average molecular weight is 283 g/mol. The Hall–Kier alpha value is -0.160. The molecule has 1 N–H and O–H groups in total. The quantitative estimate of drug-likeness (QED) is 0.795. The van der Waals surface area contributed by atoms with Gasteiger partial charge in [0.15, 0.2) is 0 Å². The van der Waals surface area contributed by atoms with Gasteiger partial charge in [0.25, 0.3) is 0 Å². The van der Waals surface area contributed by atoms with Gasteiger partial charge in [-0.3, -0.25) is 0 Å². The van der Waals surface area contributed by atoms with Crippen LogP contribution in [-0.4, -0.2) is 75.9 Å². The first-order valence-corrected chi connectivity index (χ1v) is 8.29. The summed E-state index contributed by atoms with van der Waals surface area (Å²) < 4.78 is 5.73. The van der Waals surface area contributed by atoms with Crippen LogP contribution in [0.1, 0.15) is 26.7 Å². The molecule has 1 unspecified atom stereocenters. The monoisotopic (exact) mass is 283 g/mol. The average Bonchev–Trinajstić information content (AvgIpc) is 2.74. The summed E-state index contributed by atoms with van der Waals surface area (Å²) in [7, 11) is 2.24. The van der Waals surface area contributed by atoms with Crippen LogP contribution >= 0.6 is 0 Å². The zero-order valence-corrected chi connectivity index (χ0v) is 13.7. The normalized spacial score (nSPS) is 30.0. The summed E-state index contributed by atoms with van der Waals surface area (Å²) in [4.78, 5) is 5.12. The van der Waals surface area contributed by atoms with Crippen LogP contribution in [0, 0.1) is 11.3 Å². The Labute approximate surface area is 124 Å². The molecule has 1 atom stereocenters. The Morgan fingerprint density at radius 3 is 2.75 bits per heavy atom. The van der Waals surface area contributed by atoms with Gasteiger partial charge in [-0.1, -0.05) is 13.8 Å². The van der Waals surface area contributed by atoms with Crippen molar-refractivity contribution in [3.05, 3.63) is 0 Å². The highest BCUT2D eigenvalue weighted by Crippen LogP contribution is 2.29. The van der Waals surface area contributed by atoms with Gasteiger partial charge >= 0.3 is 0 Å². The van der Waals surface area contributed by atoms with E-state index >= 15 is 0 Å². The fourth-order valence-electron chi connectivity index (χ4n) is 3.33. The Morgan fingerprint density at radius 2 is 2.05 bits per heavy atom. The lowest BCUT2D eigenvalue weighted by atomic mass is 9.86. The van der Waals surface area contributed by atoms with Crippen LogP contribution in [0.15, 0.2) is 0 Å². The Kier molecular flexibility index (Phi) is 6.27. The second kappa shape index (κ2) is 7.74. The number of hydrogen-bond acceptors (Lipinski definition) is 4. The highest BCUT2D eigenvalue weighted by molar-refractivity contribution is 4.89. The lowest BCUT2D eigenvalue weighted by Crippen LogP contribution is -2.46. The molecule has 0 radical (unpaired) electrons. The van der Waals surface area contributed by atoms with Gasteiger partial charge < -0.3 is 19.9 Å².